The third kappa shape index (κ3) is 19.7. The largest absolute Gasteiger partial charge is 2.00 e. The van der Waals surface area contributed by atoms with Gasteiger partial charge in [0, 0.05) is 0 Å². The molecule has 8 saturated carbocycles. The molecule has 492 valence electrons. The molecule has 16 rings (SSSR count). The molecule has 0 unspecified atom stereocenters. The average Bonchev–Trinajstić information content (AvgIpc) is 1.88. The number of benzene rings is 4. The number of hydrogen-bond donors (Lipinski definition) is 0. The van der Waals surface area contributed by atoms with E-state index >= 15 is 0 Å². The van der Waals surface area contributed by atoms with Crippen molar-refractivity contribution in [1.82, 2.24) is 0 Å². The van der Waals surface area contributed by atoms with Crippen molar-refractivity contribution in [3.63, 3.8) is 0 Å². The second-order valence-electron chi connectivity index (χ2n) is 29.3. The summed E-state index contributed by atoms with van der Waals surface area (Å²) in [4.78, 5) is 0. The Labute approximate surface area is 606 Å². The standard InChI is InChI=1S/4C21H28P.2ClH.2Ti/c4*1-3-11-19(12-4-1)22(20-13-5-2-6-14-20)21-15-17-9-7-8-10-18(17)16-21;;;;/h4*7-10,15-16,19-20H,1-6,11-14H2;2*1H;;/q4*-1;;;2*+2/p-2. The van der Waals surface area contributed by atoms with Gasteiger partial charge in [-0.05, 0) is 148 Å². The van der Waals surface area contributed by atoms with Crippen LogP contribution in [0.3, 0.4) is 0 Å². The van der Waals surface area contributed by atoms with Crippen molar-refractivity contribution in [1.29, 1.82) is 0 Å². The number of hydrogen-bond acceptors (Lipinski definition) is 0. The van der Waals surface area contributed by atoms with Crippen LogP contribution in [-0.4, -0.2) is 45.3 Å². The van der Waals surface area contributed by atoms with Gasteiger partial charge in [-0.2, -0.15) is 24.3 Å². The van der Waals surface area contributed by atoms with Crippen LogP contribution in [0.2, 0.25) is 0 Å². The third-order valence-electron chi connectivity index (χ3n) is 23.3. The van der Waals surface area contributed by atoms with Gasteiger partial charge in [0.15, 0.2) is 0 Å². The summed E-state index contributed by atoms with van der Waals surface area (Å²) in [5.74, 6) is 0. The van der Waals surface area contributed by atoms with Crippen molar-refractivity contribution < 1.29 is 68.2 Å². The first kappa shape index (κ1) is 75.3. The molecule has 8 aliphatic carbocycles. The van der Waals surface area contributed by atoms with Gasteiger partial charge >= 0.3 is 43.4 Å². The Hall–Kier alpha value is -0.951. The second kappa shape index (κ2) is 39.2. The van der Waals surface area contributed by atoms with Crippen molar-refractivity contribution in [2.24, 2.45) is 0 Å². The summed E-state index contributed by atoms with van der Waals surface area (Å²) < 4.78 is 0. The molecule has 0 heterocycles. The van der Waals surface area contributed by atoms with Crippen LogP contribution in [0.5, 0.6) is 0 Å². The molecule has 8 aromatic rings. The summed E-state index contributed by atoms with van der Waals surface area (Å²) in [6.45, 7) is 0. The van der Waals surface area contributed by atoms with E-state index in [9.17, 15) is 0 Å². The minimum absolute atomic E-state index is 0. The summed E-state index contributed by atoms with van der Waals surface area (Å²) in [6, 6.07) is 56.3. The summed E-state index contributed by atoms with van der Waals surface area (Å²) in [5, 5.41) is 18.7. The zero-order valence-electron chi connectivity index (χ0n) is 56.3. The monoisotopic (exact) mass is 1410 g/mol. The van der Waals surface area contributed by atoms with E-state index in [0.717, 1.165) is 45.3 Å². The summed E-state index contributed by atoms with van der Waals surface area (Å²) >= 11 is 0. The van der Waals surface area contributed by atoms with E-state index in [1.807, 2.05) is 0 Å². The SMILES string of the molecule is [Cl-].[Cl-].[Ti+2].[Ti+2].c1ccc2[cH-]c(P(C3CCCCC3)C3CCCCC3)cc2c1.c1ccc2[cH-]c(P(C3CCCCC3)C3CCCCC3)cc2c1.c1ccc2[cH-]c(P(C3CCCCC3)C3CCCCC3)cc2c1.c1ccc2[cH-]c(P(C3CCCCC3)C3CCCCC3)cc2c1. The van der Waals surface area contributed by atoms with Gasteiger partial charge in [-0.25, -0.2) is 0 Å². The molecule has 0 nitrogen and oxygen atoms in total. The van der Waals surface area contributed by atoms with Gasteiger partial charge in [-0.3, -0.25) is 0 Å². The van der Waals surface area contributed by atoms with E-state index in [0.29, 0.717) is 0 Å². The maximum atomic E-state index is 2.55. The Balaban J connectivity index is 0.000000143. The summed E-state index contributed by atoms with van der Waals surface area (Å²) in [7, 11) is 0.244. The van der Waals surface area contributed by atoms with E-state index in [1.54, 1.807) is 21.2 Å². The molecule has 8 aromatic carbocycles. The molecule has 0 aromatic heterocycles. The molecular formula is C84H112Cl2P4Ti2-2. The Bertz CT molecular complexity index is 2660. The Morgan fingerprint density at radius 1 is 0.207 bits per heavy atom. The maximum absolute atomic E-state index is 2.55. The van der Waals surface area contributed by atoms with Gasteiger partial charge < -0.3 is 24.8 Å². The summed E-state index contributed by atoms with van der Waals surface area (Å²) in [6.07, 6.45) is 59.6. The summed E-state index contributed by atoms with van der Waals surface area (Å²) in [5.41, 5.74) is 8.14. The van der Waals surface area contributed by atoms with Crippen LogP contribution in [0.25, 0.3) is 43.1 Å². The smallest absolute Gasteiger partial charge is 1.00 e. The van der Waals surface area contributed by atoms with Gasteiger partial charge in [0.1, 0.15) is 0 Å². The molecule has 0 N–H and O–H groups in total. The van der Waals surface area contributed by atoms with Crippen molar-refractivity contribution in [2.75, 3.05) is 0 Å². The van der Waals surface area contributed by atoms with Crippen molar-refractivity contribution in [3.8, 4) is 0 Å². The van der Waals surface area contributed by atoms with Crippen LogP contribution in [-0.2, 0) is 43.4 Å². The molecule has 0 atom stereocenters. The minimum atomic E-state index is 0. The van der Waals surface area contributed by atoms with E-state index in [-0.39, 0.29) is 99.9 Å². The first-order valence-electron chi connectivity index (χ1n) is 37.4. The average molecular weight is 1410 g/mol. The van der Waals surface area contributed by atoms with Gasteiger partial charge in [-0.15, -0.1) is 161 Å². The van der Waals surface area contributed by atoms with E-state index in [4.69, 9.17) is 0 Å². The molecule has 8 fully saturated rings. The second-order valence-corrected chi connectivity index (χ2v) is 40.5. The maximum Gasteiger partial charge on any atom is 2.00 e. The van der Waals surface area contributed by atoms with Crippen LogP contribution in [0.15, 0.2) is 146 Å². The number of fused-ring (bicyclic) bond motifs is 4. The van der Waals surface area contributed by atoms with Crippen LogP contribution in [0, 0.1) is 0 Å². The predicted octanol–water partition coefficient (Wildman–Crippen LogP) is 19.3. The number of halogens is 2. The van der Waals surface area contributed by atoms with Crippen LogP contribution in [0.4, 0.5) is 0 Å². The fourth-order valence-electron chi connectivity index (χ4n) is 18.9. The quantitative estimate of drug-likeness (QED) is 0.0650. The van der Waals surface area contributed by atoms with E-state index < -0.39 is 0 Å². The predicted molar refractivity (Wildman–Crippen MR) is 399 cm³/mol. The zero-order chi connectivity index (χ0) is 59.1. The molecule has 0 saturated heterocycles. The van der Waals surface area contributed by atoms with E-state index in [2.05, 4.69) is 146 Å². The molecule has 8 heteroatoms. The first-order chi connectivity index (χ1) is 43.7. The van der Waals surface area contributed by atoms with Crippen molar-refractivity contribution in [3.05, 3.63) is 146 Å². The van der Waals surface area contributed by atoms with Gasteiger partial charge in [0.2, 0.25) is 0 Å². The minimum Gasteiger partial charge on any atom is -1.00 e. The fraction of sp³-hybridized carbons (Fsp3) is 0.571. The Morgan fingerprint density at radius 3 is 0.489 bits per heavy atom. The van der Waals surface area contributed by atoms with Crippen molar-refractivity contribution in [2.45, 2.75) is 302 Å². The van der Waals surface area contributed by atoms with E-state index in [1.165, 1.54) is 300 Å². The number of rotatable bonds is 12. The van der Waals surface area contributed by atoms with Crippen LogP contribution in [0.1, 0.15) is 257 Å². The van der Waals surface area contributed by atoms with Gasteiger partial charge in [-0.1, -0.05) is 210 Å². The fourth-order valence-corrected chi connectivity index (χ4v) is 34.3. The van der Waals surface area contributed by atoms with Crippen LogP contribution >= 0.6 is 31.7 Å². The molecular weight excluding hydrogens is 1300 g/mol. The third-order valence-corrected chi connectivity index (χ3v) is 37.2. The zero-order valence-corrected chi connectivity index (χ0v) is 64.5. The Morgan fingerprint density at radius 2 is 0.348 bits per heavy atom. The first-order valence-corrected chi connectivity index (χ1v) is 43.3. The van der Waals surface area contributed by atoms with Gasteiger partial charge in [0.25, 0.3) is 0 Å². The van der Waals surface area contributed by atoms with Crippen LogP contribution < -0.4 is 46.0 Å². The molecule has 0 bridgehead atoms. The molecule has 0 amide bonds. The molecule has 0 spiro atoms. The van der Waals surface area contributed by atoms with Gasteiger partial charge in [0.05, 0.1) is 0 Å². The molecule has 0 aliphatic heterocycles. The molecule has 0 radical (unpaired) electrons. The van der Waals surface area contributed by atoms with Crippen molar-refractivity contribution >= 4 is 96.0 Å². The molecule has 92 heavy (non-hydrogen) atoms. The topological polar surface area (TPSA) is 0 Å². The molecule has 8 aliphatic rings. The normalized spacial score (nSPS) is 20.7. The Kier molecular flexibility index (Phi) is 32.0.